The van der Waals surface area contributed by atoms with E-state index in [1.165, 1.54) is 12.8 Å². The number of carbonyl (C=O) groups excluding carboxylic acids is 3. The standard InChI is InChI=1S/C44H52ClN9O5/c1-44(14-15-44)59-30-6-8-34-32(22-30)41(50-49-34)35-23-38(47-26-46-35)53-16-12-29(13-17-53)58-28-4-2-27(3-5-28)24-51-18-20-52(21-19-51)36-9-7-31-33(40(36)45)25-54(43(31)57)37-10-11-39(55)48-42(37)56/h6-9,22-23,26-29,37H,2-5,10-21,24-25H2,1H3,(H,49,50)(H,48,55,56). The third-order valence-electron chi connectivity index (χ3n) is 13.6. The van der Waals surface area contributed by atoms with E-state index in [4.69, 9.17) is 21.1 Å². The van der Waals surface area contributed by atoms with Crippen molar-refractivity contribution in [2.45, 2.75) is 102 Å². The van der Waals surface area contributed by atoms with Crippen molar-refractivity contribution in [2.24, 2.45) is 5.92 Å². The number of halogens is 1. The maximum absolute atomic E-state index is 13.2. The maximum atomic E-state index is 13.2. The van der Waals surface area contributed by atoms with Gasteiger partial charge in [0.15, 0.2) is 0 Å². The molecule has 5 fully saturated rings. The molecule has 0 radical (unpaired) electrons. The number of nitrogens with one attached hydrogen (secondary N) is 2. The van der Waals surface area contributed by atoms with Gasteiger partial charge < -0.3 is 24.2 Å². The number of fused-ring (bicyclic) bond motifs is 2. The second-order valence-corrected chi connectivity index (χ2v) is 18.0. The zero-order chi connectivity index (χ0) is 40.3. The lowest BCUT2D eigenvalue weighted by molar-refractivity contribution is -0.136. The van der Waals surface area contributed by atoms with Gasteiger partial charge in [-0.2, -0.15) is 5.10 Å². The Morgan fingerprint density at radius 2 is 1.64 bits per heavy atom. The molecule has 310 valence electrons. The fraction of sp³-hybridized carbons (Fsp3) is 0.545. The number of aromatic nitrogens is 4. The molecule has 2 aromatic heterocycles. The van der Waals surface area contributed by atoms with Gasteiger partial charge in [0.1, 0.15) is 35.2 Å². The summed E-state index contributed by atoms with van der Waals surface area (Å²) in [5.41, 5.74) is 4.79. The van der Waals surface area contributed by atoms with E-state index in [-0.39, 0.29) is 36.5 Å². The summed E-state index contributed by atoms with van der Waals surface area (Å²) in [6.07, 6.45) is 11.6. The number of nitrogens with zero attached hydrogens (tertiary/aromatic N) is 7. The molecular formula is C44H52ClN9O5. The van der Waals surface area contributed by atoms with Crippen LogP contribution in [0.4, 0.5) is 11.5 Å². The van der Waals surface area contributed by atoms with Crippen LogP contribution in [-0.4, -0.2) is 117 Å². The van der Waals surface area contributed by atoms with E-state index in [2.05, 4.69) is 59.2 Å². The van der Waals surface area contributed by atoms with Crippen molar-refractivity contribution in [1.82, 2.24) is 35.3 Å². The Hall–Kier alpha value is -4.79. The van der Waals surface area contributed by atoms with Gasteiger partial charge in [0.25, 0.3) is 5.91 Å². The van der Waals surface area contributed by atoms with E-state index in [0.29, 0.717) is 29.0 Å². The number of H-pyrrole nitrogens is 1. The van der Waals surface area contributed by atoms with Gasteiger partial charge in [-0.25, -0.2) is 9.97 Å². The van der Waals surface area contributed by atoms with Crippen LogP contribution >= 0.6 is 11.6 Å². The molecule has 4 aromatic rings. The highest BCUT2D eigenvalue weighted by Gasteiger charge is 2.41. The lowest BCUT2D eigenvalue weighted by atomic mass is 9.86. The Morgan fingerprint density at radius 1 is 0.864 bits per heavy atom. The average molecular weight is 822 g/mol. The predicted octanol–water partition coefficient (Wildman–Crippen LogP) is 5.73. The largest absolute Gasteiger partial charge is 0.488 e. The quantitative estimate of drug-likeness (QED) is 0.189. The summed E-state index contributed by atoms with van der Waals surface area (Å²) in [5, 5.41) is 11.7. The first-order chi connectivity index (χ1) is 28.7. The number of anilines is 2. The third kappa shape index (κ3) is 7.86. The number of hydrogen-bond donors (Lipinski definition) is 2. The van der Waals surface area contributed by atoms with Crippen LogP contribution in [-0.2, 0) is 20.9 Å². The van der Waals surface area contributed by atoms with Crippen LogP contribution < -0.4 is 19.9 Å². The molecule has 0 bridgehead atoms. The van der Waals surface area contributed by atoms with Crippen LogP contribution in [0.15, 0.2) is 42.7 Å². The highest BCUT2D eigenvalue weighted by atomic mass is 35.5. The van der Waals surface area contributed by atoms with Gasteiger partial charge in [-0.05, 0) is 101 Å². The molecule has 10 rings (SSSR count). The van der Waals surface area contributed by atoms with Crippen LogP contribution in [0.1, 0.15) is 87.1 Å². The summed E-state index contributed by atoms with van der Waals surface area (Å²) in [7, 11) is 0. The van der Waals surface area contributed by atoms with Gasteiger partial charge in [-0.3, -0.25) is 29.7 Å². The van der Waals surface area contributed by atoms with Crippen LogP contribution in [0.3, 0.4) is 0 Å². The van der Waals surface area contributed by atoms with E-state index in [0.717, 1.165) is 129 Å². The average Bonchev–Trinajstić information content (AvgIpc) is 3.66. The molecule has 14 nitrogen and oxygen atoms in total. The summed E-state index contributed by atoms with van der Waals surface area (Å²) in [6, 6.07) is 11.3. The molecule has 59 heavy (non-hydrogen) atoms. The smallest absolute Gasteiger partial charge is 0.255 e. The van der Waals surface area contributed by atoms with E-state index in [1.54, 1.807) is 11.2 Å². The molecule has 4 aliphatic heterocycles. The fourth-order valence-corrected chi connectivity index (χ4v) is 10.1. The summed E-state index contributed by atoms with van der Waals surface area (Å²) >= 11 is 6.97. The lowest BCUT2D eigenvalue weighted by Crippen LogP contribution is -2.52. The Bertz CT molecular complexity index is 2260. The monoisotopic (exact) mass is 821 g/mol. The van der Waals surface area contributed by atoms with E-state index in [1.807, 2.05) is 24.3 Å². The first-order valence-electron chi connectivity index (χ1n) is 21.5. The first kappa shape index (κ1) is 38.4. The summed E-state index contributed by atoms with van der Waals surface area (Å²) in [4.78, 5) is 55.5. The van der Waals surface area contributed by atoms with E-state index < -0.39 is 11.9 Å². The van der Waals surface area contributed by atoms with Gasteiger partial charge in [0.05, 0.1) is 34.1 Å². The number of amides is 3. The molecule has 2 aromatic carbocycles. The van der Waals surface area contributed by atoms with Gasteiger partial charge >= 0.3 is 0 Å². The van der Waals surface area contributed by atoms with Gasteiger partial charge in [0, 0.05) is 81.4 Å². The van der Waals surface area contributed by atoms with Gasteiger partial charge in [-0.1, -0.05) is 11.6 Å². The van der Waals surface area contributed by atoms with Gasteiger partial charge in [0.2, 0.25) is 11.8 Å². The molecule has 3 amide bonds. The van der Waals surface area contributed by atoms with E-state index >= 15 is 0 Å². The van der Waals surface area contributed by atoms with Crippen molar-refractivity contribution >= 4 is 51.7 Å². The third-order valence-corrected chi connectivity index (χ3v) is 14.0. The van der Waals surface area contributed by atoms with Crippen LogP contribution in [0, 0.1) is 5.92 Å². The second kappa shape index (κ2) is 15.7. The van der Waals surface area contributed by atoms with Crippen LogP contribution in [0.25, 0.3) is 22.3 Å². The molecule has 3 saturated heterocycles. The molecule has 0 spiro atoms. The highest BCUT2D eigenvalue weighted by molar-refractivity contribution is 6.35. The number of piperidine rings is 2. The zero-order valence-corrected chi connectivity index (χ0v) is 34.4. The number of hydrogen-bond acceptors (Lipinski definition) is 11. The zero-order valence-electron chi connectivity index (χ0n) is 33.6. The number of piperazine rings is 1. The van der Waals surface area contributed by atoms with Crippen molar-refractivity contribution in [3.05, 3.63) is 58.9 Å². The fourth-order valence-electron chi connectivity index (χ4n) is 9.78. The number of benzene rings is 2. The Balaban J connectivity index is 0.667. The number of imide groups is 1. The summed E-state index contributed by atoms with van der Waals surface area (Å²) < 4.78 is 13.0. The Kier molecular flexibility index (Phi) is 10.2. The maximum Gasteiger partial charge on any atom is 0.255 e. The van der Waals surface area contributed by atoms with Crippen molar-refractivity contribution < 1.29 is 23.9 Å². The normalized spacial score (nSPS) is 25.1. The minimum Gasteiger partial charge on any atom is -0.488 e. The van der Waals surface area contributed by atoms with Crippen molar-refractivity contribution in [2.75, 3.05) is 55.6 Å². The van der Waals surface area contributed by atoms with Crippen molar-refractivity contribution in [3.8, 4) is 17.1 Å². The molecule has 15 heteroatoms. The predicted molar refractivity (Wildman–Crippen MR) is 224 cm³/mol. The second-order valence-electron chi connectivity index (χ2n) is 17.7. The molecule has 2 aliphatic carbocycles. The topological polar surface area (TPSA) is 149 Å². The van der Waals surface area contributed by atoms with Crippen LogP contribution in [0.2, 0.25) is 5.02 Å². The summed E-state index contributed by atoms with van der Waals surface area (Å²) in [5.74, 6) is 1.56. The minimum atomic E-state index is -0.650. The summed E-state index contributed by atoms with van der Waals surface area (Å²) in [6.45, 7) is 9.00. The highest BCUT2D eigenvalue weighted by Crippen LogP contribution is 2.41. The Morgan fingerprint density at radius 3 is 2.41 bits per heavy atom. The van der Waals surface area contributed by atoms with Gasteiger partial charge in [-0.15, -0.1) is 0 Å². The molecule has 2 N–H and O–H groups in total. The SMILES string of the molecule is CC1(Oc2ccc3[nH]nc(-c4cc(N5CCC(OC6CCC(CN7CCN(c8ccc9c(c8Cl)CN(C8CCC(=O)NC8=O)C9=O)CC7)CC6)CC5)ncn4)c3c2)CC1. The Labute approximate surface area is 348 Å². The number of aromatic amines is 1. The molecule has 2 saturated carbocycles. The minimum absolute atomic E-state index is 0.0450. The van der Waals surface area contributed by atoms with Crippen molar-refractivity contribution in [1.29, 1.82) is 0 Å². The number of ether oxygens (including phenoxy) is 2. The lowest BCUT2D eigenvalue weighted by Gasteiger charge is -2.40. The molecule has 1 atom stereocenters. The number of carbonyl (C=O) groups is 3. The number of rotatable bonds is 10. The molecule has 1 unspecified atom stereocenters. The van der Waals surface area contributed by atoms with Crippen molar-refractivity contribution in [3.63, 3.8) is 0 Å². The first-order valence-corrected chi connectivity index (χ1v) is 21.9. The van der Waals surface area contributed by atoms with E-state index in [9.17, 15) is 14.4 Å². The molecule has 6 heterocycles. The molecular weight excluding hydrogens is 770 g/mol. The molecule has 6 aliphatic rings. The van der Waals surface area contributed by atoms with Crippen LogP contribution in [0.5, 0.6) is 5.75 Å².